The molecule has 0 spiro atoms. The van der Waals surface area contributed by atoms with Gasteiger partial charge >= 0.3 is 12.1 Å². The van der Waals surface area contributed by atoms with Gasteiger partial charge in [-0.05, 0) is 61.4 Å². The number of fused-ring (bicyclic) bond motifs is 1. The van der Waals surface area contributed by atoms with Gasteiger partial charge in [-0.1, -0.05) is 35.9 Å². The van der Waals surface area contributed by atoms with Crippen LogP contribution in [0.4, 0.5) is 13.2 Å². The van der Waals surface area contributed by atoms with E-state index in [9.17, 15) is 27.9 Å². The quantitative estimate of drug-likeness (QED) is 0.119. The second kappa shape index (κ2) is 15.0. The fourth-order valence-corrected chi connectivity index (χ4v) is 7.35. The summed E-state index contributed by atoms with van der Waals surface area (Å²) in [6.45, 7) is 0.928. The molecular formula is C38H38ClF3N6O6. The van der Waals surface area contributed by atoms with Crippen molar-refractivity contribution in [3.63, 3.8) is 0 Å². The van der Waals surface area contributed by atoms with Crippen LogP contribution in [0.5, 0.6) is 17.6 Å². The number of hydrogen-bond donors (Lipinski definition) is 4. The first-order chi connectivity index (χ1) is 25.9. The number of benzene rings is 1. The van der Waals surface area contributed by atoms with Crippen LogP contribution in [0.1, 0.15) is 66.0 Å². The number of aromatic nitrogens is 3. The summed E-state index contributed by atoms with van der Waals surface area (Å²) in [4.78, 5) is 36.6. The molecule has 0 radical (unpaired) electrons. The maximum Gasteiger partial charge on any atom is 0.421 e. The zero-order chi connectivity index (χ0) is 38.2. The predicted octanol–water partition coefficient (Wildman–Crippen LogP) is 6.04. The normalized spacial score (nSPS) is 18.6. The topological polar surface area (TPSA) is 157 Å². The van der Waals surface area contributed by atoms with Crippen molar-refractivity contribution >= 4 is 23.5 Å². The summed E-state index contributed by atoms with van der Waals surface area (Å²) in [5, 5.41) is 19.0. The largest absolute Gasteiger partial charge is 0.481 e. The number of amides is 1. The molecule has 2 fully saturated rings. The second-order valence-electron chi connectivity index (χ2n) is 13.6. The summed E-state index contributed by atoms with van der Waals surface area (Å²) in [6, 6.07) is 11.9. The van der Waals surface area contributed by atoms with Crippen molar-refractivity contribution in [2.24, 2.45) is 0 Å². The molecule has 1 amide bonds. The number of carboxylic acids is 1. The highest BCUT2D eigenvalue weighted by Crippen LogP contribution is 2.46. The van der Waals surface area contributed by atoms with Crippen molar-refractivity contribution in [3.05, 3.63) is 81.5 Å². The lowest BCUT2D eigenvalue weighted by Crippen LogP contribution is -2.38. The van der Waals surface area contributed by atoms with Gasteiger partial charge in [0.1, 0.15) is 17.2 Å². The standard InChI is InChI=1S/C38H38ClF3N6O6/c1-52-33-20(17-43-19-22-7-11-30(49)46-22)6-9-28(47-33)26-12-15-44-32(31(26)39)25-5-3-4-24-23(25)8-10-29(24)54-35-27(38(40,41)42)16-21(34(48-35)53-2)18-45-37(13-14-37)36(50)51/h3-6,9,12,15-16,22,29,43,45H,7-8,10-11,13-14,17-19H2,1-2H3,(H,46,49)(H,50,51)/t22-,29-/m1/s1. The van der Waals surface area contributed by atoms with E-state index in [2.05, 4.69) is 25.9 Å². The molecule has 7 rings (SSSR count). The molecule has 2 aliphatic carbocycles. The average Bonchev–Trinajstić information content (AvgIpc) is 3.68. The van der Waals surface area contributed by atoms with Gasteiger partial charge in [-0.3, -0.25) is 19.9 Å². The highest BCUT2D eigenvalue weighted by Gasteiger charge is 2.50. The summed E-state index contributed by atoms with van der Waals surface area (Å²) >= 11 is 7.04. The summed E-state index contributed by atoms with van der Waals surface area (Å²) in [6.07, 6.45) is -1.02. The third-order valence-electron chi connectivity index (χ3n) is 10.1. The van der Waals surface area contributed by atoms with Gasteiger partial charge in [0.15, 0.2) is 0 Å². The van der Waals surface area contributed by atoms with Gasteiger partial charge in [-0.2, -0.15) is 18.2 Å². The number of hydrogen-bond acceptors (Lipinski definition) is 10. The number of nitrogens with zero attached hydrogens (tertiary/aromatic N) is 3. The highest BCUT2D eigenvalue weighted by atomic mass is 35.5. The van der Waals surface area contributed by atoms with E-state index in [1.54, 1.807) is 31.5 Å². The van der Waals surface area contributed by atoms with Crippen molar-refractivity contribution in [1.29, 1.82) is 0 Å². The van der Waals surface area contributed by atoms with E-state index in [0.717, 1.165) is 23.6 Å². The van der Waals surface area contributed by atoms with Gasteiger partial charge < -0.3 is 30.0 Å². The van der Waals surface area contributed by atoms with Gasteiger partial charge in [-0.15, -0.1) is 0 Å². The Morgan fingerprint density at radius 2 is 1.78 bits per heavy atom. The van der Waals surface area contributed by atoms with E-state index in [1.807, 2.05) is 18.2 Å². The Morgan fingerprint density at radius 1 is 1.00 bits per heavy atom. The van der Waals surface area contributed by atoms with Crippen LogP contribution in [0.25, 0.3) is 22.5 Å². The first-order valence-electron chi connectivity index (χ1n) is 17.5. The van der Waals surface area contributed by atoms with Crippen LogP contribution in [0, 0.1) is 0 Å². The minimum atomic E-state index is -4.81. The van der Waals surface area contributed by atoms with E-state index in [0.29, 0.717) is 84.2 Å². The Labute approximate surface area is 313 Å². The third-order valence-corrected chi connectivity index (χ3v) is 10.5. The van der Waals surface area contributed by atoms with Gasteiger partial charge in [-0.25, -0.2) is 4.98 Å². The highest BCUT2D eigenvalue weighted by molar-refractivity contribution is 6.35. The Bertz CT molecular complexity index is 2100. The molecule has 16 heteroatoms. The molecule has 12 nitrogen and oxygen atoms in total. The Morgan fingerprint density at radius 3 is 2.46 bits per heavy atom. The number of methoxy groups -OCH3 is 2. The van der Waals surface area contributed by atoms with Crippen LogP contribution in [0.15, 0.2) is 48.7 Å². The number of carboxylic acid groups (broad SMARTS) is 1. The fraction of sp³-hybridized carbons (Fsp3) is 0.395. The molecule has 4 aromatic rings. The molecule has 1 saturated heterocycles. The molecule has 3 aliphatic rings. The molecule has 4 N–H and O–H groups in total. The number of nitrogens with one attached hydrogen (secondary N) is 3. The molecule has 3 aromatic heterocycles. The molecule has 1 aliphatic heterocycles. The first kappa shape index (κ1) is 37.3. The molecule has 2 atom stereocenters. The summed E-state index contributed by atoms with van der Waals surface area (Å²) in [7, 11) is 2.82. The van der Waals surface area contributed by atoms with Crippen LogP contribution in [0.3, 0.4) is 0 Å². The maximum absolute atomic E-state index is 14.4. The molecule has 54 heavy (non-hydrogen) atoms. The number of carbonyl (C=O) groups excluding carboxylic acids is 1. The number of alkyl halides is 3. The van der Waals surface area contributed by atoms with E-state index >= 15 is 0 Å². The van der Waals surface area contributed by atoms with Crippen LogP contribution < -0.4 is 30.2 Å². The Kier molecular flexibility index (Phi) is 10.4. The minimum Gasteiger partial charge on any atom is -0.481 e. The average molecular weight is 767 g/mol. The molecule has 1 aromatic carbocycles. The van der Waals surface area contributed by atoms with Crippen molar-refractivity contribution in [3.8, 4) is 40.2 Å². The number of ether oxygens (including phenoxy) is 3. The first-order valence-corrected chi connectivity index (χ1v) is 17.9. The van der Waals surface area contributed by atoms with Crippen LogP contribution in [-0.2, 0) is 35.3 Å². The lowest BCUT2D eigenvalue weighted by Gasteiger charge is -2.21. The minimum absolute atomic E-state index is 0.0594. The zero-order valence-corrected chi connectivity index (χ0v) is 30.2. The number of aliphatic carboxylic acids is 1. The summed E-state index contributed by atoms with van der Waals surface area (Å²) in [5.74, 6) is -1.31. The van der Waals surface area contributed by atoms with E-state index < -0.39 is 35.2 Å². The molecule has 4 heterocycles. The molecular weight excluding hydrogens is 729 g/mol. The van der Waals surface area contributed by atoms with Crippen molar-refractivity contribution in [2.45, 2.75) is 75.5 Å². The Balaban J connectivity index is 1.13. The smallest absolute Gasteiger partial charge is 0.421 e. The van der Waals surface area contributed by atoms with E-state index in [4.69, 9.17) is 30.8 Å². The third kappa shape index (κ3) is 7.52. The number of rotatable bonds is 14. The van der Waals surface area contributed by atoms with Gasteiger partial charge in [0.2, 0.25) is 23.5 Å². The number of carbonyl (C=O) groups is 2. The lowest BCUT2D eigenvalue weighted by atomic mass is 9.98. The summed E-state index contributed by atoms with van der Waals surface area (Å²) < 4.78 is 60.3. The molecule has 0 bridgehead atoms. The van der Waals surface area contributed by atoms with Crippen molar-refractivity contribution < 1.29 is 42.1 Å². The lowest BCUT2D eigenvalue weighted by molar-refractivity contribution is -0.141. The second-order valence-corrected chi connectivity index (χ2v) is 14.0. The molecule has 0 unspecified atom stereocenters. The van der Waals surface area contributed by atoms with E-state index in [1.165, 1.54) is 7.11 Å². The van der Waals surface area contributed by atoms with Crippen LogP contribution in [-0.4, -0.2) is 64.3 Å². The Hall–Kier alpha value is -4.99. The zero-order valence-electron chi connectivity index (χ0n) is 29.5. The predicted molar refractivity (Wildman–Crippen MR) is 191 cm³/mol. The van der Waals surface area contributed by atoms with Crippen molar-refractivity contribution in [2.75, 3.05) is 20.8 Å². The number of pyridine rings is 3. The van der Waals surface area contributed by atoms with Crippen LogP contribution in [0.2, 0.25) is 5.02 Å². The molecule has 284 valence electrons. The summed E-state index contributed by atoms with van der Waals surface area (Å²) in [5.41, 5.74) is 2.55. The monoisotopic (exact) mass is 766 g/mol. The SMILES string of the molecule is COc1nc(-c2ccnc(-c3cccc4c3CC[C@H]4Oc3nc(OC)c(CNC4(C(=O)O)CC4)cc3C(F)(F)F)c2Cl)ccc1CNC[C@H]1CCC(=O)N1. The van der Waals surface area contributed by atoms with Gasteiger partial charge in [0.25, 0.3) is 0 Å². The van der Waals surface area contributed by atoms with Crippen LogP contribution >= 0.6 is 11.6 Å². The van der Waals surface area contributed by atoms with Crippen molar-refractivity contribution in [1.82, 2.24) is 30.9 Å². The van der Waals surface area contributed by atoms with Gasteiger partial charge in [0, 0.05) is 60.5 Å². The maximum atomic E-state index is 14.4. The van der Waals surface area contributed by atoms with Gasteiger partial charge in [0.05, 0.1) is 30.6 Å². The van der Waals surface area contributed by atoms with E-state index in [-0.39, 0.29) is 29.9 Å². The molecule has 1 saturated carbocycles. The number of halogens is 4. The fourth-order valence-electron chi connectivity index (χ4n) is 7.04.